The zero-order valence-corrected chi connectivity index (χ0v) is 14.9. The predicted molar refractivity (Wildman–Crippen MR) is 96.2 cm³/mol. The van der Waals surface area contributed by atoms with Gasteiger partial charge >= 0.3 is 0 Å². The van der Waals surface area contributed by atoms with E-state index < -0.39 is 28.6 Å². The first-order chi connectivity index (χ1) is 12.8. The van der Waals surface area contributed by atoms with Crippen LogP contribution in [0.15, 0.2) is 41.3 Å². The van der Waals surface area contributed by atoms with Crippen LogP contribution in [0, 0.1) is 21.4 Å². The van der Waals surface area contributed by atoms with Crippen molar-refractivity contribution in [1.29, 1.82) is 5.26 Å². The predicted octanol–water partition coefficient (Wildman–Crippen LogP) is 1.69. The van der Waals surface area contributed by atoms with E-state index in [1.54, 1.807) is 25.2 Å². The lowest BCUT2D eigenvalue weighted by Crippen LogP contribution is -2.34. The molecule has 0 bridgehead atoms. The van der Waals surface area contributed by atoms with Crippen LogP contribution in [0.3, 0.4) is 0 Å². The summed E-state index contributed by atoms with van der Waals surface area (Å²) in [5, 5.41) is 19.9. The van der Waals surface area contributed by atoms with Crippen molar-refractivity contribution in [2.45, 2.75) is 20.0 Å². The minimum Gasteiger partial charge on any atom is -0.494 e. The van der Waals surface area contributed by atoms with E-state index in [0.29, 0.717) is 13.2 Å². The molecule has 0 aliphatic carbocycles. The van der Waals surface area contributed by atoms with Gasteiger partial charge in [0, 0.05) is 19.7 Å². The lowest BCUT2D eigenvalue weighted by molar-refractivity contribution is -0.385. The highest BCUT2D eigenvalue weighted by Gasteiger charge is 2.17. The number of pyridine rings is 1. The van der Waals surface area contributed by atoms with Crippen molar-refractivity contribution >= 4 is 11.6 Å². The molecule has 0 N–H and O–H groups in total. The number of amides is 1. The zero-order chi connectivity index (χ0) is 20.0. The molecule has 2 aromatic rings. The number of nitro groups is 1. The molecule has 9 nitrogen and oxygen atoms in total. The Morgan fingerprint density at radius 1 is 1.37 bits per heavy atom. The number of hydrogen-bond acceptors (Lipinski definition) is 6. The normalized spacial score (nSPS) is 10.1. The summed E-state index contributed by atoms with van der Waals surface area (Å²) in [5.74, 6) is 0.304. The number of hydrogen-bond donors (Lipinski definition) is 0. The van der Waals surface area contributed by atoms with Crippen LogP contribution < -0.4 is 10.3 Å². The Balaban J connectivity index is 2.14. The molecule has 0 saturated carbocycles. The smallest absolute Gasteiger partial charge is 0.287 e. The average Bonchev–Trinajstić information content (AvgIpc) is 2.64. The van der Waals surface area contributed by atoms with Crippen LogP contribution in [0.5, 0.6) is 5.75 Å². The Bertz CT molecular complexity index is 944. The van der Waals surface area contributed by atoms with Crippen LogP contribution in [0.2, 0.25) is 0 Å². The van der Waals surface area contributed by atoms with E-state index in [1.165, 1.54) is 4.90 Å². The molecule has 0 aliphatic heterocycles. The number of rotatable bonds is 7. The van der Waals surface area contributed by atoms with Gasteiger partial charge in [-0.3, -0.25) is 24.3 Å². The van der Waals surface area contributed by atoms with Gasteiger partial charge in [0.05, 0.1) is 17.7 Å². The number of benzene rings is 1. The van der Waals surface area contributed by atoms with Gasteiger partial charge < -0.3 is 9.64 Å². The number of carbonyl (C=O) groups excluding carboxylic acids is 1. The average molecular weight is 370 g/mol. The van der Waals surface area contributed by atoms with Gasteiger partial charge in [-0.05, 0) is 24.6 Å². The number of carbonyl (C=O) groups is 1. The topological polar surface area (TPSA) is 118 Å². The third-order valence-electron chi connectivity index (χ3n) is 3.79. The number of ether oxygens (including phenoxy) is 1. The maximum absolute atomic E-state index is 12.4. The van der Waals surface area contributed by atoms with Gasteiger partial charge in [-0.15, -0.1) is 0 Å². The zero-order valence-electron chi connectivity index (χ0n) is 14.9. The molecule has 1 amide bonds. The molecule has 0 atom stereocenters. The largest absolute Gasteiger partial charge is 0.494 e. The van der Waals surface area contributed by atoms with Crippen LogP contribution in [-0.4, -0.2) is 34.0 Å². The van der Waals surface area contributed by atoms with Crippen molar-refractivity contribution in [1.82, 2.24) is 9.47 Å². The van der Waals surface area contributed by atoms with Gasteiger partial charge in [-0.1, -0.05) is 12.1 Å². The SMILES string of the molecule is CCOc1ccc(CN(C)C(=O)Cn2cc([N+](=O)[O-])cc(C#N)c2=O)cc1. The van der Waals surface area contributed by atoms with E-state index in [4.69, 9.17) is 10.00 Å². The van der Waals surface area contributed by atoms with Crippen LogP contribution >= 0.6 is 0 Å². The Morgan fingerprint density at radius 2 is 2.04 bits per heavy atom. The number of nitriles is 1. The van der Waals surface area contributed by atoms with Gasteiger partial charge in [0.1, 0.15) is 23.9 Å². The summed E-state index contributed by atoms with van der Waals surface area (Å²) >= 11 is 0. The van der Waals surface area contributed by atoms with E-state index in [-0.39, 0.29) is 5.56 Å². The molecule has 0 unspecified atom stereocenters. The summed E-state index contributed by atoms with van der Waals surface area (Å²) in [6, 6.07) is 9.74. The Hall–Kier alpha value is -3.67. The molecule has 0 spiro atoms. The molecule has 0 saturated heterocycles. The molecule has 0 aliphatic rings. The van der Waals surface area contributed by atoms with Crippen LogP contribution in [-0.2, 0) is 17.9 Å². The third-order valence-corrected chi connectivity index (χ3v) is 3.79. The number of nitrogens with zero attached hydrogens (tertiary/aromatic N) is 4. The summed E-state index contributed by atoms with van der Waals surface area (Å²) in [6.07, 6.45) is 0.964. The summed E-state index contributed by atoms with van der Waals surface area (Å²) in [6.45, 7) is 2.33. The fraction of sp³-hybridized carbons (Fsp3) is 0.278. The Kier molecular flexibility index (Phi) is 6.27. The summed E-state index contributed by atoms with van der Waals surface area (Å²) in [7, 11) is 1.56. The second-order valence-corrected chi connectivity index (χ2v) is 5.74. The summed E-state index contributed by atoms with van der Waals surface area (Å²) < 4.78 is 6.24. The minimum absolute atomic E-state index is 0.292. The van der Waals surface area contributed by atoms with Crippen molar-refractivity contribution in [2.75, 3.05) is 13.7 Å². The summed E-state index contributed by atoms with van der Waals surface area (Å²) in [4.78, 5) is 36.2. The van der Waals surface area contributed by atoms with Gasteiger partial charge in [-0.25, -0.2) is 0 Å². The quantitative estimate of drug-likeness (QED) is 0.540. The molecule has 1 aromatic heterocycles. The standard InChI is InChI=1S/C18H18N4O5/c1-3-27-16-6-4-13(5-7-16)10-20(2)17(23)12-21-11-15(22(25)26)8-14(9-19)18(21)24/h4-8,11H,3,10,12H2,1-2H3. The maximum atomic E-state index is 12.4. The second kappa shape index (κ2) is 8.62. The third kappa shape index (κ3) is 4.92. The first-order valence-electron chi connectivity index (χ1n) is 8.10. The molecule has 140 valence electrons. The van der Waals surface area contributed by atoms with Crippen molar-refractivity contribution in [3.8, 4) is 11.8 Å². The maximum Gasteiger partial charge on any atom is 0.287 e. The highest BCUT2D eigenvalue weighted by Crippen LogP contribution is 2.14. The highest BCUT2D eigenvalue weighted by atomic mass is 16.6. The molecule has 9 heteroatoms. The monoisotopic (exact) mass is 370 g/mol. The van der Waals surface area contributed by atoms with Crippen molar-refractivity contribution in [3.05, 3.63) is 68.1 Å². The number of aromatic nitrogens is 1. The molecule has 0 fully saturated rings. The molecule has 1 aromatic carbocycles. The molecular formula is C18H18N4O5. The van der Waals surface area contributed by atoms with Crippen LogP contribution in [0.4, 0.5) is 5.69 Å². The molecule has 27 heavy (non-hydrogen) atoms. The highest BCUT2D eigenvalue weighted by molar-refractivity contribution is 5.75. The minimum atomic E-state index is -0.745. The van der Waals surface area contributed by atoms with Crippen LogP contribution in [0.25, 0.3) is 0 Å². The van der Waals surface area contributed by atoms with E-state index in [1.807, 2.05) is 19.1 Å². The van der Waals surface area contributed by atoms with E-state index in [0.717, 1.165) is 28.1 Å². The first-order valence-corrected chi connectivity index (χ1v) is 8.10. The van der Waals surface area contributed by atoms with E-state index in [9.17, 15) is 19.7 Å². The van der Waals surface area contributed by atoms with Crippen molar-refractivity contribution in [2.24, 2.45) is 0 Å². The molecule has 0 radical (unpaired) electrons. The van der Waals surface area contributed by atoms with E-state index >= 15 is 0 Å². The molecule has 2 rings (SSSR count). The Morgan fingerprint density at radius 3 is 2.59 bits per heavy atom. The molecule has 1 heterocycles. The first kappa shape index (κ1) is 19.7. The second-order valence-electron chi connectivity index (χ2n) is 5.74. The fourth-order valence-electron chi connectivity index (χ4n) is 2.40. The molecular weight excluding hydrogens is 352 g/mol. The lowest BCUT2D eigenvalue weighted by Gasteiger charge is -2.18. The van der Waals surface area contributed by atoms with Gasteiger partial charge in [0.15, 0.2) is 0 Å². The fourth-order valence-corrected chi connectivity index (χ4v) is 2.40. The van der Waals surface area contributed by atoms with Gasteiger partial charge in [0.2, 0.25) is 5.91 Å². The van der Waals surface area contributed by atoms with Crippen LogP contribution in [0.1, 0.15) is 18.1 Å². The van der Waals surface area contributed by atoms with E-state index in [2.05, 4.69) is 0 Å². The van der Waals surface area contributed by atoms with Crippen molar-refractivity contribution in [3.63, 3.8) is 0 Å². The van der Waals surface area contributed by atoms with Crippen molar-refractivity contribution < 1.29 is 14.5 Å². The summed E-state index contributed by atoms with van der Waals surface area (Å²) in [5.41, 5.74) is -0.691. The Labute approximate surface area is 155 Å². The lowest BCUT2D eigenvalue weighted by atomic mass is 10.2. The number of likely N-dealkylation sites (N-methyl/N-ethyl adjacent to an activating group) is 1. The van der Waals surface area contributed by atoms with Gasteiger partial charge in [-0.2, -0.15) is 5.26 Å². The van der Waals surface area contributed by atoms with Gasteiger partial charge in [0.25, 0.3) is 11.2 Å².